The molecule has 0 amide bonds. The van der Waals surface area contributed by atoms with Crippen LogP contribution in [0.15, 0.2) is 36.5 Å². The summed E-state index contributed by atoms with van der Waals surface area (Å²) in [6.45, 7) is 1.61. The van der Waals surface area contributed by atoms with Gasteiger partial charge >= 0.3 is 0 Å². The van der Waals surface area contributed by atoms with Crippen LogP contribution in [0.3, 0.4) is 0 Å². The number of aliphatic hydroxyl groups is 1. The average Bonchev–Trinajstić information content (AvgIpc) is 2.50. The molecule has 1 aromatic carbocycles. The number of benzene rings is 1. The van der Waals surface area contributed by atoms with Gasteiger partial charge in [-0.25, -0.2) is 13.8 Å². The van der Waals surface area contributed by atoms with Crippen LogP contribution in [0.25, 0.3) is 0 Å². The second kappa shape index (κ2) is 7.38. The Hall–Kier alpha value is -1.92. The molecule has 0 aliphatic carbocycles. The number of pyridine rings is 1. The molecule has 0 aliphatic heterocycles. The van der Waals surface area contributed by atoms with Crippen molar-refractivity contribution < 1.29 is 23.4 Å². The Labute approximate surface area is 131 Å². The van der Waals surface area contributed by atoms with E-state index in [1.54, 1.807) is 31.2 Å². The number of alkyl halides is 2. The van der Waals surface area contributed by atoms with Crippen molar-refractivity contribution in [3.05, 3.63) is 47.1 Å². The summed E-state index contributed by atoms with van der Waals surface area (Å²) >= 11 is 5.66. The molecule has 7 heteroatoms. The second-order valence-corrected chi connectivity index (χ2v) is 4.97. The van der Waals surface area contributed by atoms with Crippen molar-refractivity contribution in [2.75, 3.05) is 6.61 Å². The maximum atomic E-state index is 12.9. The van der Waals surface area contributed by atoms with Crippen molar-refractivity contribution in [1.29, 1.82) is 0 Å². The third-order valence-corrected chi connectivity index (χ3v) is 2.92. The predicted molar refractivity (Wildman–Crippen MR) is 77.9 cm³/mol. The zero-order valence-electron chi connectivity index (χ0n) is 11.7. The van der Waals surface area contributed by atoms with Gasteiger partial charge in [0.25, 0.3) is 6.43 Å². The first-order valence-electron chi connectivity index (χ1n) is 6.48. The fraction of sp³-hybridized carbons (Fsp3) is 0.267. The van der Waals surface area contributed by atoms with Crippen LogP contribution in [0.2, 0.25) is 5.02 Å². The van der Waals surface area contributed by atoms with Crippen molar-refractivity contribution >= 4 is 11.6 Å². The SMILES string of the molecule is CC(CO)Oc1ccc(Oc2ncc(Cl)cc2C(F)F)cc1. The van der Waals surface area contributed by atoms with E-state index < -0.39 is 6.43 Å². The number of hydrogen-bond donors (Lipinski definition) is 1. The molecule has 0 bridgehead atoms. The minimum Gasteiger partial charge on any atom is -0.488 e. The third kappa shape index (κ3) is 4.29. The van der Waals surface area contributed by atoms with E-state index in [0.717, 1.165) is 6.07 Å². The van der Waals surface area contributed by atoms with Gasteiger partial charge in [-0.15, -0.1) is 0 Å². The normalized spacial score (nSPS) is 12.3. The molecule has 1 N–H and O–H groups in total. The maximum absolute atomic E-state index is 12.9. The van der Waals surface area contributed by atoms with E-state index in [1.807, 2.05) is 0 Å². The molecule has 1 aromatic heterocycles. The minimum atomic E-state index is -2.74. The van der Waals surface area contributed by atoms with E-state index in [4.69, 9.17) is 26.2 Å². The van der Waals surface area contributed by atoms with Crippen molar-refractivity contribution in [2.45, 2.75) is 19.5 Å². The van der Waals surface area contributed by atoms with Crippen molar-refractivity contribution in [2.24, 2.45) is 0 Å². The molecule has 2 aromatic rings. The van der Waals surface area contributed by atoms with Gasteiger partial charge in [-0.2, -0.15) is 0 Å². The minimum absolute atomic E-state index is 0.106. The van der Waals surface area contributed by atoms with Crippen molar-refractivity contribution in [3.63, 3.8) is 0 Å². The van der Waals surface area contributed by atoms with Gasteiger partial charge in [0.2, 0.25) is 5.88 Å². The highest BCUT2D eigenvalue weighted by Gasteiger charge is 2.17. The molecule has 0 saturated carbocycles. The molecular weight excluding hydrogens is 316 g/mol. The number of ether oxygens (including phenoxy) is 2. The Balaban J connectivity index is 2.14. The molecule has 0 aliphatic rings. The summed E-state index contributed by atoms with van der Waals surface area (Å²) < 4.78 is 36.6. The van der Waals surface area contributed by atoms with Crippen LogP contribution in [0.4, 0.5) is 8.78 Å². The number of aromatic nitrogens is 1. The average molecular weight is 330 g/mol. The van der Waals surface area contributed by atoms with Crippen LogP contribution in [0.1, 0.15) is 18.9 Å². The summed E-state index contributed by atoms with van der Waals surface area (Å²) in [5, 5.41) is 9.03. The fourth-order valence-corrected chi connectivity index (χ4v) is 1.82. The van der Waals surface area contributed by atoms with Crippen molar-refractivity contribution in [3.8, 4) is 17.4 Å². The largest absolute Gasteiger partial charge is 0.488 e. The Morgan fingerprint density at radius 1 is 1.23 bits per heavy atom. The molecule has 0 saturated heterocycles. The molecule has 0 fully saturated rings. The van der Waals surface area contributed by atoms with Gasteiger partial charge in [-0.05, 0) is 37.3 Å². The molecule has 1 unspecified atom stereocenters. The van der Waals surface area contributed by atoms with Gasteiger partial charge in [-0.1, -0.05) is 11.6 Å². The standard InChI is InChI=1S/C15H14ClF2NO3/c1-9(8-20)21-11-2-4-12(5-3-11)22-15-13(14(17)18)6-10(16)7-19-15/h2-7,9,14,20H,8H2,1H3. The van der Waals surface area contributed by atoms with Gasteiger partial charge in [0.1, 0.15) is 17.6 Å². The smallest absolute Gasteiger partial charge is 0.269 e. The summed E-state index contributed by atoms with van der Waals surface area (Å²) in [6.07, 6.45) is -1.84. The highest BCUT2D eigenvalue weighted by Crippen LogP contribution is 2.32. The molecule has 118 valence electrons. The molecule has 2 rings (SSSR count). The lowest BCUT2D eigenvalue weighted by Gasteiger charge is -2.13. The van der Waals surface area contributed by atoms with Gasteiger partial charge < -0.3 is 14.6 Å². The molecule has 1 atom stereocenters. The summed E-state index contributed by atoms with van der Waals surface area (Å²) in [7, 11) is 0. The number of halogens is 3. The Kier molecular flexibility index (Phi) is 5.51. The molecule has 0 radical (unpaired) electrons. The Morgan fingerprint density at radius 2 is 1.86 bits per heavy atom. The first-order valence-corrected chi connectivity index (χ1v) is 6.86. The quantitative estimate of drug-likeness (QED) is 0.862. The molecule has 0 spiro atoms. The summed E-state index contributed by atoms with van der Waals surface area (Å²) in [6, 6.07) is 7.46. The van der Waals surface area contributed by atoms with Gasteiger partial charge in [0.05, 0.1) is 17.2 Å². The predicted octanol–water partition coefficient (Wildman–Crippen LogP) is 4.22. The van der Waals surface area contributed by atoms with E-state index >= 15 is 0 Å². The van der Waals surface area contributed by atoms with E-state index in [-0.39, 0.29) is 29.2 Å². The van der Waals surface area contributed by atoms with Crippen LogP contribution in [0, 0.1) is 0 Å². The van der Waals surface area contributed by atoms with E-state index in [2.05, 4.69) is 4.98 Å². The van der Waals surface area contributed by atoms with Crippen LogP contribution < -0.4 is 9.47 Å². The lowest BCUT2D eigenvalue weighted by Crippen LogP contribution is -2.15. The topological polar surface area (TPSA) is 51.6 Å². The zero-order chi connectivity index (χ0) is 16.1. The highest BCUT2D eigenvalue weighted by molar-refractivity contribution is 6.30. The van der Waals surface area contributed by atoms with Crippen LogP contribution >= 0.6 is 11.6 Å². The maximum Gasteiger partial charge on any atom is 0.269 e. The molecular formula is C15H14ClF2NO3. The van der Waals surface area contributed by atoms with Crippen LogP contribution in [-0.4, -0.2) is 22.8 Å². The Bertz CT molecular complexity index is 623. The fourth-order valence-electron chi connectivity index (χ4n) is 1.65. The lowest BCUT2D eigenvalue weighted by molar-refractivity contribution is 0.129. The van der Waals surface area contributed by atoms with Gasteiger partial charge in [0, 0.05) is 6.20 Å². The summed E-state index contributed by atoms with van der Waals surface area (Å²) in [5.41, 5.74) is -0.373. The summed E-state index contributed by atoms with van der Waals surface area (Å²) in [4.78, 5) is 3.78. The first kappa shape index (κ1) is 16.5. The van der Waals surface area contributed by atoms with E-state index in [1.165, 1.54) is 6.20 Å². The Morgan fingerprint density at radius 3 is 2.45 bits per heavy atom. The molecule has 22 heavy (non-hydrogen) atoms. The van der Waals surface area contributed by atoms with Gasteiger partial charge in [0.15, 0.2) is 0 Å². The zero-order valence-corrected chi connectivity index (χ0v) is 12.4. The van der Waals surface area contributed by atoms with E-state index in [0.29, 0.717) is 11.5 Å². The third-order valence-electron chi connectivity index (χ3n) is 2.71. The van der Waals surface area contributed by atoms with E-state index in [9.17, 15) is 8.78 Å². The monoisotopic (exact) mass is 329 g/mol. The molecule has 4 nitrogen and oxygen atoms in total. The number of aliphatic hydroxyl groups excluding tert-OH is 1. The second-order valence-electron chi connectivity index (χ2n) is 4.53. The number of nitrogens with zero attached hydrogens (tertiary/aromatic N) is 1. The van der Waals surface area contributed by atoms with Crippen molar-refractivity contribution in [1.82, 2.24) is 4.98 Å². The highest BCUT2D eigenvalue weighted by atomic mass is 35.5. The summed E-state index contributed by atoms with van der Waals surface area (Å²) in [5.74, 6) is 0.671. The number of rotatable bonds is 6. The van der Waals surface area contributed by atoms with Gasteiger partial charge in [-0.3, -0.25) is 0 Å². The number of hydrogen-bond acceptors (Lipinski definition) is 4. The van der Waals surface area contributed by atoms with Crippen LogP contribution in [-0.2, 0) is 0 Å². The van der Waals surface area contributed by atoms with Crippen LogP contribution in [0.5, 0.6) is 17.4 Å². The first-order chi connectivity index (χ1) is 10.5. The lowest BCUT2D eigenvalue weighted by atomic mass is 10.3. The molecule has 1 heterocycles.